The molecule has 2 fully saturated rings. The first-order valence-corrected chi connectivity index (χ1v) is 11.6. The Bertz CT molecular complexity index is 1040. The van der Waals surface area contributed by atoms with Crippen LogP contribution >= 0.6 is 0 Å². The fraction of sp³-hybridized carbons (Fsp3) is 0.440. The summed E-state index contributed by atoms with van der Waals surface area (Å²) in [4.78, 5) is 46.1. The summed E-state index contributed by atoms with van der Waals surface area (Å²) in [5.74, 6) is 0.709. The van der Waals surface area contributed by atoms with Crippen LogP contribution in [0, 0.1) is 5.92 Å². The summed E-state index contributed by atoms with van der Waals surface area (Å²) in [6.45, 7) is 2.98. The van der Waals surface area contributed by atoms with E-state index in [-0.39, 0.29) is 36.9 Å². The van der Waals surface area contributed by atoms with E-state index in [1.54, 1.807) is 42.5 Å². The first kappa shape index (κ1) is 23.5. The monoisotopic (exact) mass is 466 g/mol. The summed E-state index contributed by atoms with van der Waals surface area (Å²) < 4.78 is 10.9. The molecule has 1 unspecified atom stereocenters. The van der Waals surface area contributed by atoms with Gasteiger partial charge in [-0.1, -0.05) is 25.1 Å². The molecule has 1 aromatic heterocycles. The van der Waals surface area contributed by atoms with E-state index in [1.807, 2.05) is 25.1 Å². The molecule has 34 heavy (non-hydrogen) atoms. The van der Waals surface area contributed by atoms with Crippen LogP contribution in [0.2, 0.25) is 0 Å². The number of hydrogen-bond acceptors (Lipinski definition) is 6. The van der Waals surface area contributed by atoms with Crippen LogP contribution in [0.15, 0.2) is 48.7 Å². The number of likely N-dealkylation sites (tertiary alicyclic amines) is 1. The number of methoxy groups -OCH3 is 1. The average molecular weight is 467 g/mol. The van der Waals surface area contributed by atoms with Crippen LogP contribution in [0.5, 0.6) is 11.5 Å². The molecule has 4 amide bonds. The number of urea groups is 1. The lowest BCUT2D eigenvalue weighted by atomic mass is 9.75. The van der Waals surface area contributed by atoms with Gasteiger partial charge in [0, 0.05) is 19.3 Å². The summed E-state index contributed by atoms with van der Waals surface area (Å²) in [6, 6.07) is 12.2. The number of carbonyl (C=O) groups excluding carboxylic acids is 3. The molecule has 0 radical (unpaired) electrons. The third kappa shape index (κ3) is 4.55. The van der Waals surface area contributed by atoms with Crippen molar-refractivity contribution in [3.8, 4) is 11.5 Å². The molecule has 180 valence electrons. The standard InChI is InChI=1S/C25H30N4O5/c1-3-25(23(31)29(24(32)27-25)16-19-8-6-7-13-26-19)18-11-14-28(15-12-18)22(30)17-34-21-10-5-4-9-20(21)33-2/h4-10,13,18H,3,11-12,14-17H2,1-2H3,(H,27,32). The van der Waals surface area contributed by atoms with E-state index in [4.69, 9.17) is 9.47 Å². The molecule has 1 N–H and O–H groups in total. The minimum atomic E-state index is -0.949. The third-order valence-electron chi connectivity index (χ3n) is 6.77. The molecular formula is C25H30N4O5. The molecule has 1 atom stereocenters. The SMILES string of the molecule is CCC1(C2CCN(C(=O)COc3ccccc3OC)CC2)NC(=O)N(Cc2ccccn2)C1=O. The Kier molecular flexibility index (Phi) is 7.00. The van der Waals surface area contributed by atoms with Crippen molar-refractivity contribution < 1.29 is 23.9 Å². The van der Waals surface area contributed by atoms with E-state index < -0.39 is 5.54 Å². The predicted molar refractivity (Wildman–Crippen MR) is 124 cm³/mol. The van der Waals surface area contributed by atoms with Crippen molar-refractivity contribution in [2.75, 3.05) is 26.8 Å². The molecule has 3 heterocycles. The molecule has 0 aliphatic carbocycles. The van der Waals surface area contributed by atoms with E-state index >= 15 is 0 Å². The Labute approximate surface area is 199 Å². The maximum absolute atomic E-state index is 13.4. The van der Waals surface area contributed by atoms with Gasteiger partial charge in [0.15, 0.2) is 18.1 Å². The van der Waals surface area contributed by atoms with Crippen LogP contribution in [-0.4, -0.2) is 65.0 Å². The number of ether oxygens (including phenoxy) is 2. The van der Waals surface area contributed by atoms with Crippen LogP contribution in [0.3, 0.4) is 0 Å². The van der Waals surface area contributed by atoms with Gasteiger partial charge < -0.3 is 19.7 Å². The number of carbonyl (C=O) groups is 3. The number of hydrogen-bond donors (Lipinski definition) is 1. The second-order valence-electron chi connectivity index (χ2n) is 8.56. The number of imide groups is 1. The molecule has 2 saturated heterocycles. The highest BCUT2D eigenvalue weighted by Crippen LogP contribution is 2.36. The lowest BCUT2D eigenvalue weighted by Gasteiger charge is -2.40. The third-order valence-corrected chi connectivity index (χ3v) is 6.77. The Balaban J connectivity index is 1.36. The van der Waals surface area contributed by atoms with Crippen LogP contribution in [-0.2, 0) is 16.1 Å². The van der Waals surface area contributed by atoms with Gasteiger partial charge >= 0.3 is 6.03 Å². The molecule has 0 spiro atoms. The van der Waals surface area contributed by atoms with Gasteiger partial charge in [-0.3, -0.25) is 19.5 Å². The number of rotatable bonds is 8. The van der Waals surface area contributed by atoms with Crippen LogP contribution in [0.4, 0.5) is 4.79 Å². The highest BCUT2D eigenvalue weighted by atomic mass is 16.5. The fourth-order valence-electron chi connectivity index (χ4n) is 4.84. The van der Waals surface area contributed by atoms with Gasteiger partial charge in [0.2, 0.25) is 0 Å². The Hall–Kier alpha value is -3.62. The maximum Gasteiger partial charge on any atom is 0.325 e. The first-order valence-electron chi connectivity index (χ1n) is 11.6. The van der Waals surface area contributed by atoms with Gasteiger partial charge in [-0.25, -0.2) is 4.79 Å². The van der Waals surface area contributed by atoms with Gasteiger partial charge in [-0.2, -0.15) is 0 Å². The second-order valence-corrected chi connectivity index (χ2v) is 8.56. The predicted octanol–water partition coefficient (Wildman–Crippen LogP) is 2.61. The molecule has 2 aliphatic rings. The zero-order valence-corrected chi connectivity index (χ0v) is 19.5. The summed E-state index contributed by atoms with van der Waals surface area (Å²) in [7, 11) is 1.55. The highest BCUT2D eigenvalue weighted by molar-refractivity contribution is 6.07. The van der Waals surface area contributed by atoms with Crippen LogP contribution < -0.4 is 14.8 Å². The molecule has 9 nitrogen and oxygen atoms in total. The number of amides is 4. The van der Waals surface area contributed by atoms with Crippen molar-refractivity contribution in [2.24, 2.45) is 5.92 Å². The molecule has 1 aromatic carbocycles. The Morgan fingerprint density at radius 1 is 1.12 bits per heavy atom. The van der Waals surface area contributed by atoms with Crippen molar-refractivity contribution in [2.45, 2.75) is 38.3 Å². The summed E-state index contributed by atoms with van der Waals surface area (Å²) in [5.41, 5.74) is -0.289. The molecule has 2 aromatic rings. The van der Waals surface area contributed by atoms with E-state index in [2.05, 4.69) is 10.3 Å². The molecule has 0 bridgehead atoms. The van der Waals surface area contributed by atoms with Crippen molar-refractivity contribution >= 4 is 17.8 Å². The number of nitrogens with one attached hydrogen (secondary N) is 1. The number of aromatic nitrogens is 1. The zero-order chi connectivity index (χ0) is 24.1. The number of benzene rings is 1. The summed E-state index contributed by atoms with van der Waals surface area (Å²) in [6.07, 6.45) is 3.38. The van der Waals surface area contributed by atoms with E-state index in [9.17, 15) is 14.4 Å². The normalized spacial score (nSPS) is 20.9. The topological polar surface area (TPSA) is 101 Å². The average Bonchev–Trinajstić information content (AvgIpc) is 3.13. The smallest absolute Gasteiger partial charge is 0.325 e. The Morgan fingerprint density at radius 3 is 2.47 bits per heavy atom. The van der Waals surface area contributed by atoms with E-state index in [0.717, 1.165) is 0 Å². The number of piperidine rings is 1. The quantitative estimate of drug-likeness (QED) is 0.600. The largest absolute Gasteiger partial charge is 0.493 e. The number of pyridine rings is 1. The molecule has 0 saturated carbocycles. The Morgan fingerprint density at radius 2 is 1.82 bits per heavy atom. The minimum absolute atomic E-state index is 0.0538. The van der Waals surface area contributed by atoms with Crippen molar-refractivity contribution in [3.63, 3.8) is 0 Å². The van der Waals surface area contributed by atoms with Crippen molar-refractivity contribution in [3.05, 3.63) is 54.4 Å². The minimum Gasteiger partial charge on any atom is -0.493 e. The lowest BCUT2D eigenvalue weighted by molar-refractivity contribution is -0.137. The highest BCUT2D eigenvalue weighted by Gasteiger charge is 2.55. The number of nitrogens with zero attached hydrogens (tertiary/aromatic N) is 3. The second kappa shape index (κ2) is 10.1. The van der Waals surface area contributed by atoms with E-state index in [0.29, 0.717) is 49.5 Å². The van der Waals surface area contributed by atoms with E-state index in [1.165, 1.54) is 4.90 Å². The zero-order valence-electron chi connectivity index (χ0n) is 19.5. The summed E-state index contributed by atoms with van der Waals surface area (Å²) >= 11 is 0. The van der Waals surface area contributed by atoms with Crippen LogP contribution in [0.25, 0.3) is 0 Å². The van der Waals surface area contributed by atoms with Gasteiger partial charge in [-0.05, 0) is 49.4 Å². The molecule has 9 heteroatoms. The number of para-hydroxylation sites is 2. The van der Waals surface area contributed by atoms with Gasteiger partial charge in [0.05, 0.1) is 19.3 Å². The molecule has 4 rings (SSSR count). The van der Waals surface area contributed by atoms with Crippen LogP contribution in [0.1, 0.15) is 31.9 Å². The maximum atomic E-state index is 13.4. The summed E-state index contributed by atoms with van der Waals surface area (Å²) in [5, 5.41) is 2.98. The molecular weight excluding hydrogens is 436 g/mol. The molecule has 2 aliphatic heterocycles. The van der Waals surface area contributed by atoms with Gasteiger partial charge in [-0.15, -0.1) is 0 Å². The van der Waals surface area contributed by atoms with Gasteiger partial charge in [0.1, 0.15) is 5.54 Å². The van der Waals surface area contributed by atoms with Crippen molar-refractivity contribution in [1.82, 2.24) is 20.1 Å². The lowest BCUT2D eigenvalue weighted by Crippen LogP contribution is -2.56. The fourth-order valence-corrected chi connectivity index (χ4v) is 4.84. The first-order chi connectivity index (χ1) is 16.5. The van der Waals surface area contributed by atoms with Gasteiger partial charge in [0.25, 0.3) is 11.8 Å². The van der Waals surface area contributed by atoms with Crippen molar-refractivity contribution in [1.29, 1.82) is 0 Å².